The highest BCUT2D eigenvalue weighted by molar-refractivity contribution is 5.98. The van der Waals surface area contributed by atoms with Gasteiger partial charge in [0.05, 0.1) is 25.7 Å². The van der Waals surface area contributed by atoms with E-state index in [-0.39, 0.29) is 12.3 Å². The van der Waals surface area contributed by atoms with E-state index in [2.05, 4.69) is 31.9 Å². The lowest BCUT2D eigenvalue weighted by Crippen LogP contribution is -2.61. The van der Waals surface area contributed by atoms with E-state index in [1.807, 2.05) is 0 Å². The molecule has 0 aliphatic heterocycles. The SMILES string of the molecule is CC[C@H](C)[C@H](NC(=O)[C@H](CC(N)=O)NC(=O)[C@H](CC(C)C)NC(=O)[C@H](CO)NC(=O)[C@H](CO)NC(=O)[C@H](C)N)C(=O)N[C@@H](C)C(=O)O. The van der Waals surface area contributed by atoms with Gasteiger partial charge in [-0.25, -0.2) is 0 Å². The maximum atomic E-state index is 13.4. The zero-order valence-electron chi connectivity index (χ0n) is 27.5. The molecular formula is C28H50N8O11. The maximum Gasteiger partial charge on any atom is 0.325 e. The maximum absolute atomic E-state index is 13.4. The topological polar surface area (TPSA) is 321 Å². The van der Waals surface area contributed by atoms with Crippen LogP contribution in [0.25, 0.3) is 0 Å². The molecular weight excluding hydrogens is 624 g/mol. The lowest BCUT2D eigenvalue weighted by atomic mass is 9.97. The van der Waals surface area contributed by atoms with Gasteiger partial charge in [0.25, 0.3) is 0 Å². The molecule has 0 aliphatic carbocycles. The van der Waals surface area contributed by atoms with E-state index in [1.165, 1.54) is 13.8 Å². The third kappa shape index (κ3) is 15.2. The van der Waals surface area contributed by atoms with Gasteiger partial charge in [-0.05, 0) is 32.1 Å². The number of carbonyl (C=O) groups excluding carboxylic acids is 7. The lowest BCUT2D eigenvalue weighted by molar-refractivity contribution is -0.142. The molecule has 0 bridgehead atoms. The zero-order valence-corrected chi connectivity index (χ0v) is 27.5. The zero-order chi connectivity index (χ0) is 36.6. The number of aliphatic hydroxyl groups is 2. The van der Waals surface area contributed by atoms with Crippen molar-refractivity contribution >= 4 is 47.3 Å². The summed E-state index contributed by atoms with van der Waals surface area (Å²) in [6, 6.07) is -9.66. The Morgan fingerprint density at radius 1 is 0.617 bits per heavy atom. The molecule has 0 aromatic rings. The van der Waals surface area contributed by atoms with Crippen molar-refractivity contribution in [3.8, 4) is 0 Å². The van der Waals surface area contributed by atoms with Gasteiger partial charge in [0, 0.05) is 0 Å². The molecule has 0 aliphatic rings. The second kappa shape index (κ2) is 20.7. The summed E-state index contributed by atoms with van der Waals surface area (Å²) in [5.74, 6) is -8.60. The Morgan fingerprint density at radius 3 is 1.45 bits per heavy atom. The fourth-order valence-corrected chi connectivity index (χ4v) is 3.94. The highest BCUT2D eigenvalue weighted by atomic mass is 16.4. The smallest absolute Gasteiger partial charge is 0.325 e. The molecule has 0 heterocycles. The van der Waals surface area contributed by atoms with E-state index in [4.69, 9.17) is 16.6 Å². The second-order valence-electron chi connectivity index (χ2n) is 11.6. The van der Waals surface area contributed by atoms with Crippen LogP contribution in [0.3, 0.4) is 0 Å². The van der Waals surface area contributed by atoms with Crippen molar-refractivity contribution < 1.29 is 53.7 Å². The van der Waals surface area contributed by atoms with E-state index >= 15 is 0 Å². The predicted octanol–water partition coefficient (Wildman–Crippen LogP) is -4.70. The van der Waals surface area contributed by atoms with Gasteiger partial charge in [-0.15, -0.1) is 0 Å². The Kier molecular flexibility index (Phi) is 18.8. The standard InChI is InChI=1S/C28H50N8O11/c1-7-13(4)21(27(45)31-15(6)28(46)47)36-24(42)17(9-20(30)39)33-23(41)16(8-12(2)3)32-25(43)19(11-38)35-26(44)18(10-37)34-22(40)14(5)29/h12-19,21,37-38H,7-11,29H2,1-6H3,(H2,30,39)(H,31,45)(H,32,43)(H,33,41)(H,34,40)(H,35,44)(H,36,42)(H,46,47)/t13-,14-,15-,16-,17-,18-,19-,21-/m0/s1. The molecule has 0 unspecified atom stereocenters. The Labute approximate surface area is 272 Å². The molecule has 0 aromatic carbocycles. The number of carboxylic acids is 1. The summed E-state index contributed by atoms with van der Waals surface area (Å²) in [6.07, 6.45) is -0.330. The largest absolute Gasteiger partial charge is 0.480 e. The molecule has 0 aromatic heterocycles. The number of nitrogens with two attached hydrogens (primary N) is 2. The molecule has 8 atom stereocenters. The van der Waals surface area contributed by atoms with Gasteiger partial charge in [-0.3, -0.25) is 38.4 Å². The van der Waals surface area contributed by atoms with E-state index < -0.39 is 115 Å². The first-order chi connectivity index (χ1) is 21.8. The molecule has 13 N–H and O–H groups in total. The van der Waals surface area contributed by atoms with Crippen molar-refractivity contribution in [1.82, 2.24) is 31.9 Å². The summed E-state index contributed by atoms with van der Waals surface area (Å²) >= 11 is 0. The Morgan fingerprint density at radius 2 is 1.04 bits per heavy atom. The van der Waals surface area contributed by atoms with Gasteiger partial charge < -0.3 is 58.7 Å². The highest BCUT2D eigenvalue weighted by Crippen LogP contribution is 2.11. The molecule has 7 amide bonds. The molecule has 0 radical (unpaired) electrons. The molecule has 0 rings (SSSR count). The normalized spacial score (nSPS) is 16.1. The van der Waals surface area contributed by atoms with Crippen LogP contribution in [-0.4, -0.2) is 118 Å². The predicted molar refractivity (Wildman–Crippen MR) is 165 cm³/mol. The van der Waals surface area contributed by atoms with Crippen molar-refractivity contribution in [2.24, 2.45) is 23.3 Å². The van der Waals surface area contributed by atoms with Crippen molar-refractivity contribution in [3.05, 3.63) is 0 Å². The summed E-state index contributed by atoms with van der Waals surface area (Å²) in [4.78, 5) is 99.9. The summed E-state index contributed by atoms with van der Waals surface area (Å²) in [5.41, 5.74) is 10.7. The van der Waals surface area contributed by atoms with Crippen LogP contribution in [0.4, 0.5) is 0 Å². The van der Waals surface area contributed by atoms with Crippen LogP contribution in [0.5, 0.6) is 0 Å². The number of amides is 7. The Bertz CT molecular complexity index is 1130. The van der Waals surface area contributed by atoms with Gasteiger partial charge >= 0.3 is 5.97 Å². The lowest BCUT2D eigenvalue weighted by Gasteiger charge is -2.28. The number of hydrogen-bond acceptors (Lipinski definition) is 11. The number of carbonyl (C=O) groups is 8. The van der Waals surface area contributed by atoms with E-state index in [0.717, 1.165) is 0 Å². The number of hydrogen-bond donors (Lipinski definition) is 11. The van der Waals surface area contributed by atoms with Gasteiger partial charge in [0.1, 0.15) is 36.3 Å². The van der Waals surface area contributed by atoms with Crippen LogP contribution in [0, 0.1) is 11.8 Å². The van der Waals surface area contributed by atoms with Crippen LogP contribution in [0.2, 0.25) is 0 Å². The monoisotopic (exact) mass is 674 g/mol. The van der Waals surface area contributed by atoms with Crippen LogP contribution in [0.1, 0.15) is 60.8 Å². The van der Waals surface area contributed by atoms with E-state index in [0.29, 0.717) is 6.42 Å². The van der Waals surface area contributed by atoms with Crippen molar-refractivity contribution in [3.63, 3.8) is 0 Å². The van der Waals surface area contributed by atoms with Crippen LogP contribution >= 0.6 is 0 Å². The minimum atomic E-state index is -1.64. The Hall–Kier alpha value is -4.36. The van der Waals surface area contributed by atoms with Crippen molar-refractivity contribution in [2.75, 3.05) is 13.2 Å². The minimum absolute atomic E-state index is 0.0106. The molecule has 47 heavy (non-hydrogen) atoms. The average Bonchev–Trinajstić information content (AvgIpc) is 2.98. The number of primary amides is 1. The molecule has 0 spiro atoms. The van der Waals surface area contributed by atoms with E-state index in [9.17, 15) is 48.6 Å². The molecule has 268 valence electrons. The Balaban J connectivity index is 5.98. The summed E-state index contributed by atoms with van der Waals surface area (Å²) < 4.78 is 0. The van der Waals surface area contributed by atoms with Gasteiger partial charge in [-0.2, -0.15) is 0 Å². The fourth-order valence-electron chi connectivity index (χ4n) is 3.94. The quantitative estimate of drug-likeness (QED) is 0.0547. The third-order valence-corrected chi connectivity index (χ3v) is 6.95. The van der Waals surface area contributed by atoms with Crippen LogP contribution in [0.15, 0.2) is 0 Å². The first-order valence-corrected chi connectivity index (χ1v) is 15.1. The summed E-state index contributed by atoms with van der Waals surface area (Å²) in [5, 5.41) is 42.2. The molecule has 0 saturated heterocycles. The third-order valence-electron chi connectivity index (χ3n) is 6.95. The first-order valence-electron chi connectivity index (χ1n) is 15.1. The highest BCUT2D eigenvalue weighted by Gasteiger charge is 2.35. The second-order valence-corrected chi connectivity index (χ2v) is 11.6. The minimum Gasteiger partial charge on any atom is -0.480 e. The fraction of sp³-hybridized carbons (Fsp3) is 0.714. The number of rotatable bonds is 21. The van der Waals surface area contributed by atoms with Gasteiger partial charge in [-0.1, -0.05) is 34.1 Å². The first kappa shape index (κ1) is 42.6. The van der Waals surface area contributed by atoms with Crippen LogP contribution in [-0.2, 0) is 38.4 Å². The van der Waals surface area contributed by atoms with Gasteiger partial charge in [0.15, 0.2) is 0 Å². The molecule has 0 saturated carbocycles. The van der Waals surface area contributed by atoms with E-state index in [1.54, 1.807) is 27.7 Å². The van der Waals surface area contributed by atoms with Crippen molar-refractivity contribution in [1.29, 1.82) is 0 Å². The number of carboxylic acid groups (broad SMARTS) is 1. The van der Waals surface area contributed by atoms with Crippen LogP contribution < -0.4 is 43.4 Å². The van der Waals surface area contributed by atoms with Crippen molar-refractivity contribution in [2.45, 2.75) is 103 Å². The molecule has 19 nitrogen and oxygen atoms in total. The molecule has 19 heteroatoms. The summed E-state index contributed by atoms with van der Waals surface area (Å²) in [6.45, 7) is 7.54. The average molecular weight is 675 g/mol. The molecule has 0 fully saturated rings. The number of aliphatic carboxylic acids is 1. The summed E-state index contributed by atoms with van der Waals surface area (Å²) in [7, 11) is 0. The number of aliphatic hydroxyl groups excluding tert-OH is 2. The number of nitrogens with one attached hydrogen (secondary N) is 6. The van der Waals surface area contributed by atoms with Gasteiger partial charge in [0.2, 0.25) is 41.4 Å².